The van der Waals surface area contributed by atoms with Gasteiger partial charge in [-0.2, -0.15) is 0 Å². The Balaban J connectivity index is 1.95. The number of esters is 1. The van der Waals surface area contributed by atoms with Gasteiger partial charge in [0.15, 0.2) is 11.5 Å². The molecule has 84 valence electrons. The van der Waals surface area contributed by atoms with Crippen LogP contribution in [0.1, 0.15) is 5.56 Å². The molecule has 0 spiro atoms. The van der Waals surface area contributed by atoms with E-state index in [-0.39, 0.29) is 18.8 Å². The van der Waals surface area contributed by atoms with Crippen molar-refractivity contribution in [2.24, 2.45) is 0 Å². The second kappa shape index (κ2) is 3.30. The molecule has 0 saturated carbocycles. The van der Waals surface area contributed by atoms with E-state index in [1.54, 1.807) is 0 Å². The Kier molecular flexibility index (Phi) is 1.92. The molecule has 1 N–H and O–H groups in total. The molecule has 1 aromatic rings. The maximum atomic E-state index is 11.4. The smallest absolute Gasteiger partial charge is 0.328 e. The SMILES string of the molecule is COC(=O)C1Cc2c(ccc3c2OCO3)N1. The number of methoxy groups -OCH3 is 1. The summed E-state index contributed by atoms with van der Waals surface area (Å²) >= 11 is 0. The zero-order valence-corrected chi connectivity index (χ0v) is 8.78. The standard InChI is InChI=1S/C11H11NO4/c1-14-11(13)8-4-6-7(12-8)2-3-9-10(6)16-5-15-9/h2-3,8,12H,4-5H2,1H3. The first-order chi connectivity index (χ1) is 7.79. The lowest BCUT2D eigenvalue weighted by atomic mass is 10.1. The Hall–Kier alpha value is -1.91. The van der Waals surface area contributed by atoms with E-state index in [1.165, 1.54) is 7.11 Å². The number of hydrogen-bond donors (Lipinski definition) is 1. The first-order valence-electron chi connectivity index (χ1n) is 5.05. The summed E-state index contributed by atoms with van der Waals surface area (Å²) in [5.41, 5.74) is 1.91. The number of nitrogens with one attached hydrogen (secondary N) is 1. The minimum absolute atomic E-state index is 0.245. The minimum atomic E-state index is -0.323. The molecule has 1 aromatic carbocycles. The molecule has 0 fully saturated rings. The Labute approximate surface area is 92.3 Å². The Bertz CT molecular complexity index is 458. The van der Waals surface area contributed by atoms with Crippen molar-refractivity contribution < 1.29 is 19.0 Å². The highest BCUT2D eigenvalue weighted by Crippen LogP contribution is 2.43. The molecule has 0 bridgehead atoms. The van der Waals surface area contributed by atoms with Crippen LogP contribution < -0.4 is 14.8 Å². The van der Waals surface area contributed by atoms with E-state index in [9.17, 15) is 4.79 Å². The monoisotopic (exact) mass is 221 g/mol. The summed E-state index contributed by atoms with van der Waals surface area (Å²) in [6.07, 6.45) is 0.578. The Morgan fingerprint density at radius 1 is 1.50 bits per heavy atom. The van der Waals surface area contributed by atoms with Crippen molar-refractivity contribution in [1.29, 1.82) is 0 Å². The van der Waals surface area contributed by atoms with Crippen LogP contribution in [0.3, 0.4) is 0 Å². The molecule has 5 nitrogen and oxygen atoms in total. The second-order valence-corrected chi connectivity index (χ2v) is 3.75. The van der Waals surface area contributed by atoms with Crippen molar-refractivity contribution in [2.75, 3.05) is 19.2 Å². The molecular formula is C11H11NO4. The van der Waals surface area contributed by atoms with Gasteiger partial charge in [0.25, 0.3) is 0 Å². The molecule has 5 heteroatoms. The van der Waals surface area contributed by atoms with Gasteiger partial charge in [-0.25, -0.2) is 4.79 Å². The van der Waals surface area contributed by atoms with Gasteiger partial charge in [0.1, 0.15) is 6.04 Å². The first-order valence-corrected chi connectivity index (χ1v) is 5.05. The van der Waals surface area contributed by atoms with Gasteiger partial charge in [0.05, 0.1) is 7.11 Å². The number of fused-ring (bicyclic) bond motifs is 3. The Morgan fingerprint density at radius 2 is 2.38 bits per heavy atom. The van der Waals surface area contributed by atoms with Crippen LogP contribution >= 0.6 is 0 Å². The number of benzene rings is 1. The number of hydrogen-bond acceptors (Lipinski definition) is 5. The van der Waals surface area contributed by atoms with E-state index in [0.717, 1.165) is 22.7 Å². The lowest BCUT2D eigenvalue weighted by molar-refractivity contribution is -0.141. The van der Waals surface area contributed by atoms with E-state index in [2.05, 4.69) is 5.32 Å². The number of anilines is 1. The summed E-state index contributed by atoms with van der Waals surface area (Å²) in [5.74, 6) is 1.23. The van der Waals surface area contributed by atoms with E-state index < -0.39 is 0 Å². The van der Waals surface area contributed by atoms with Gasteiger partial charge in [0.2, 0.25) is 6.79 Å². The van der Waals surface area contributed by atoms with Gasteiger partial charge in [0, 0.05) is 17.7 Å². The zero-order valence-electron chi connectivity index (χ0n) is 8.78. The van der Waals surface area contributed by atoms with Gasteiger partial charge >= 0.3 is 5.97 Å². The third kappa shape index (κ3) is 1.21. The highest BCUT2D eigenvalue weighted by Gasteiger charge is 2.32. The molecule has 0 aromatic heterocycles. The fourth-order valence-corrected chi connectivity index (χ4v) is 2.10. The summed E-state index contributed by atoms with van der Waals surface area (Å²) in [7, 11) is 1.39. The van der Waals surface area contributed by atoms with Crippen LogP contribution in [-0.2, 0) is 16.0 Å². The average molecular weight is 221 g/mol. The third-order valence-electron chi connectivity index (χ3n) is 2.87. The van der Waals surface area contributed by atoms with Gasteiger partial charge in [-0.15, -0.1) is 0 Å². The van der Waals surface area contributed by atoms with Crippen LogP contribution in [0.15, 0.2) is 12.1 Å². The van der Waals surface area contributed by atoms with Crippen LogP contribution in [-0.4, -0.2) is 25.9 Å². The highest BCUT2D eigenvalue weighted by atomic mass is 16.7. The van der Waals surface area contributed by atoms with E-state index in [0.29, 0.717) is 6.42 Å². The van der Waals surface area contributed by atoms with E-state index in [4.69, 9.17) is 14.2 Å². The molecular weight excluding hydrogens is 210 g/mol. The van der Waals surface area contributed by atoms with Gasteiger partial charge in [-0.1, -0.05) is 0 Å². The normalized spacial score (nSPS) is 20.2. The predicted molar refractivity (Wildman–Crippen MR) is 55.7 cm³/mol. The fraction of sp³-hybridized carbons (Fsp3) is 0.364. The highest BCUT2D eigenvalue weighted by molar-refractivity contribution is 5.84. The average Bonchev–Trinajstić information content (AvgIpc) is 2.92. The van der Waals surface area contributed by atoms with Crippen LogP contribution in [0.4, 0.5) is 5.69 Å². The van der Waals surface area contributed by atoms with Crippen molar-refractivity contribution in [1.82, 2.24) is 0 Å². The van der Waals surface area contributed by atoms with Crippen molar-refractivity contribution in [3.8, 4) is 11.5 Å². The number of carbonyl (C=O) groups excluding carboxylic acids is 1. The maximum Gasteiger partial charge on any atom is 0.328 e. The van der Waals surface area contributed by atoms with Gasteiger partial charge in [-0.05, 0) is 12.1 Å². The minimum Gasteiger partial charge on any atom is -0.467 e. The van der Waals surface area contributed by atoms with Crippen molar-refractivity contribution in [3.05, 3.63) is 17.7 Å². The van der Waals surface area contributed by atoms with Crippen molar-refractivity contribution in [2.45, 2.75) is 12.5 Å². The summed E-state index contributed by atoms with van der Waals surface area (Å²) < 4.78 is 15.4. The molecule has 16 heavy (non-hydrogen) atoms. The third-order valence-corrected chi connectivity index (χ3v) is 2.87. The molecule has 0 aliphatic carbocycles. The summed E-state index contributed by atoms with van der Waals surface area (Å²) in [6, 6.07) is 3.41. The number of ether oxygens (including phenoxy) is 3. The van der Waals surface area contributed by atoms with E-state index in [1.807, 2.05) is 12.1 Å². The van der Waals surface area contributed by atoms with E-state index >= 15 is 0 Å². The maximum absolute atomic E-state index is 11.4. The summed E-state index contributed by atoms with van der Waals surface area (Å²) in [6.45, 7) is 0.245. The zero-order chi connectivity index (χ0) is 11.1. The molecule has 0 radical (unpaired) electrons. The molecule has 2 heterocycles. The first kappa shape index (κ1) is 9.33. The quantitative estimate of drug-likeness (QED) is 0.715. The summed E-state index contributed by atoms with van der Waals surface area (Å²) in [4.78, 5) is 11.4. The summed E-state index contributed by atoms with van der Waals surface area (Å²) in [5, 5.41) is 3.10. The van der Waals surface area contributed by atoms with Gasteiger partial charge in [-0.3, -0.25) is 0 Å². The van der Waals surface area contributed by atoms with Gasteiger partial charge < -0.3 is 19.5 Å². The second-order valence-electron chi connectivity index (χ2n) is 3.75. The molecule has 2 aliphatic heterocycles. The molecule has 0 saturated heterocycles. The van der Waals surface area contributed by atoms with Crippen LogP contribution in [0.5, 0.6) is 11.5 Å². The van der Waals surface area contributed by atoms with Crippen LogP contribution in [0.2, 0.25) is 0 Å². The van der Waals surface area contributed by atoms with Crippen molar-refractivity contribution in [3.63, 3.8) is 0 Å². The molecule has 1 atom stereocenters. The lowest BCUT2D eigenvalue weighted by Crippen LogP contribution is -2.27. The number of carbonyl (C=O) groups is 1. The molecule has 1 unspecified atom stereocenters. The lowest BCUT2D eigenvalue weighted by Gasteiger charge is -2.07. The molecule has 2 aliphatic rings. The topological polar surface area (TPSA) is 56.8 Å². The predicted octanol–water partition coefficient (Wildman–Crippen LogP) is 0.925. The fourth-order valence-electron chi connectivity index (χ4n) is 2.10. The number of rotatable bonds is 1. The van der Waals surface area contributed by atoms with Crippen LogP contribution in [0.25, 0.3) is 0 Å². The largest absolute Gasteiger partial charge is 0.467 e. The van der Waals surface area contributed by atoms with Crippen LogP contribution in [0, 0.1) is 0 Å². The Morgan fingerprint density at radius 3 is 3.19 bits per heavy atom. The molecule has 0 amide bonds. The van der Waals surface area contributed by atoms with Crippen molar-refractivity contribution >= 4 is 11.7 Å². The molecule has 3 rings (SSSR count).